The van der Waals surface area contributed by atoms with Crippen LogP contribution in [0.3, 0.4) is 0 Å². The first-order chi connectivity index (χ1) is 8.89. The van der Waals surface area contributed by atoms with E-state index in [1.54, 1.807) is 12.4 Å². The Morgan fingerprint density at radius 2 is 2.17 bits per heavy atom. The summed E-state index contributed by atoms with van der Waals surface area (Å²) < 4.78 is 5.42. The van der Waals surface area contributed by atoms with Crippen molar-refractivity contribution in [2.45, 2.75) is 24.8 Å². The van der Waals surface area contributed by atoms with E-state index in [-0.39, 0.29) is 5.54 Å². The molecule has 1 atom stereocenters. The summed E-state index contributed by atoms with van der Waals surface area (Å²) in [6.45, 7) is 1.74. The zero-order valence-electron chi connectivity index (χ0n) is 10.3. The van der Waals surface area contributed by atoms with E-state index in [1.807, 2.05) is 18.5 Å². The van der Waals surface area contributed by atoms with Crippen molar-refractivity contribution in [1.29, 1.82) is 0 Å². The van der Waals surface area contributed by atoms with Crippen molar-refractivity contribution < 1.29 is 4.74 Å². The van der Waals surface area contributed by atoms with Crippen LogP contribution in [0.5, 0.6) is 0 Å². The summed E-state index contributed by atoms with van der Waals surface area (Å²) in [5, 5.41) is 0. The Labute approximate surface area is 107 Å². The zero-order chi connectivity index (χ0) is 12.3. The second-order valence-corrected chi connectivity index (χ2v) is 4.91. The van der Waals surface area contributed by atoms with Crippen molar-refractivity contribution in [2.24, 2.45) is 10.9 Å². The van der Waals surface area contributed by atoms with Gasteiger partial charge in [0.15, 0.2) is 0 Å². The summed E-state index contributed by atoms with van der Waals surface area (Å²) in [6, 6.07) is 0. The first-order valence-electron chi connectivity index (χ1n) is 6.46. The molecular weight excluding hydrogens is 226 g/mol. The smallest absolute Gasteiger partial charge is 0.123 e. The van der Waals surface area contributed by atoms with Crippen LogP contribution in [-0.2, 0) is 10.3 Å². The quantitative estimate of drug-likeness (QED) is 0.817. The van der Waals surface area contributed by atoms with Gasteiger partial charge in [-0.1, -0.05) is 0 Å². The lowest BCUT2D eigenvalue weighted by Crippen LogP contribution is -2.28. The van der Waals surface area contributed by atoms with E-state index in [0.717, 1.165) is 38.2 Å². The minimum atomic E-state index is -0.295. The van der Waals surface area contributed by atoms with Crippen LogP contribution in [-0.4, -0.2) is 29.4 Å². The highest BCUT2D eigenvalue weighted by Crippen LogP contribution is 2.37. The van der Waals surface area contributed by atoms with Crippen LogP contribution in [0, 0.1) is 5.92 Å². The third-order valence-corrected chi connectivity index (χ3v) is 3.71. The summed E-state index contributed by atoms with van der Waals surface area (Å²) in [6.07, 6.45) is 14.5. The van der Waals surface area contributed by atoms with Gasteiger partial charge < -0.3 is 4.74 Å². The Hall–Kier alpha value is -1.55. The van der Waals surface area contributed by atoms with Crippen LogP contribution in [0.15, 0.2) is 35.7 Å². The number of ether oxygens (including phenoxy) is 1. The van der Waals surface area contributed by atoms with Crippen molar-refractivity contribution in [3.63, 3.8) is 0 Å². The lowest BCUT2D eigenvalue weighted by atomic mass is 9.82. The maximum atomic E-state index is 5.42. The van der Waals surface area contributed by atoms with Gasteiger partial charge in [0.25, 0.3) is 0 Å². The van der Waals surface area contributed by atoms with Crippen molar-refractivity contribution in [1.82, 2.24) is 9.97 Å². The largest absolute Gasteiger partial charge is 0.381 e. The maximum absolute atomic E-state index is 5.42. The molecule has 0 radical (unpaired) electrons. The average Bonchev–Trinajstić information content (AvgIpc) is 2.91. The topological polar surface area (TPSA) is 47.4 Å². The van der Waals surface area contributed by atoms with Gasteiger partial charge in [0, 0.05) is 31.8 Å². The van der Waals surface area contributed by atoms with Gasteiger partial charge in [0.2, 0.25) is 0 Å². The summed E-state index contributed by atoms with van der Waals surface area (Å²) in [5.41, 5.74) is 0.650. The summed E-state index contributed by atoms with van der Waals surface area (Å²) in [7, 11) is 0. The van der Waals surface area contributed by atoms with Crippen LogP contribution in [0.25, 0.3) is 0 Å². The monoisotopic (exact) mass is 243 g/mol. The number of nitrogens with zero attached hydrogens (tertiary/aromatic N) is 3. The predicted octanol–water partition coefficient (Wildman–Crippen LogP) is 2.13. The molecule has 0 aromatic carbocycles. The standard InChI is InChI=1S/C14H17N3O/c1-4-14(17-5-1,13-11-15-6-7-16-13)10-12-2-8-18-9-3-12/h1,4-7,11-12H,2-3,8-10H2. The molecule has 2 aliphatic heterocycles. The van der Waals surface area contributed by atoms with Gasteiger partial charge in [-0.2, -0.15) is 0 Å². The fraction of sp³-hybridized carbons (Fsp3) is 0.500. The van der Waals surface area contributed by atoms with Crippen LogP contribution >= 0.6 is 0 Å². The molecule has 3 rings (SSSR count). The lowest BCUT2D eigenvalue weighted by molar-refractivity contribution is 0.0587. The first-order valence-corrected chi connectivity index (χ1v) is 6.46. The highest BCUT2D eigenvalue weighted by atomic mass is 16.5. The molecule has 4 nitrogen and oxygen atoms in total. The van der Waals surface area contributed by atoms with E-state index in [0.29, 0.717) is 5.92 Å². The molecule has 0 saturated carbocycles. The van der Waals surface area contributed by atoms with Gasteiger partial charge in [0.1, 0.15) is 5.54 Å². The molecule has 0 aliphatic carbocycles. The SMILES string of the molecule is C1=CC(CC2CCOCC2)(c2cnccn2)N=C1. The molecule has 0 spiro atoms. The third-order valence-electron chi connectivity index (χ3n) is 3.71. The average molecular weight is 243 g/mol. The number of hydrogen-bond donors (Lipinski definition) is 0. The summed E-state index contributed by atoms with van der Waals surface area (Å²) in [4.78, 5) is 13.3. The number of aliphatic imine (C=N–C) groups is 1. The fourth-order valence-corrected chi connectivity index (χ4v) is 2.71. The number of allylic oxidation sites excluding steroid dienone is 1. The molecular formula is C14H17N3O. The normalized spacial score (nSPS) is 27.8. The van der Waals surface area contributed by atoms with Crippen molar-refractivity contribution in [3.8, 4) is 0 Å². The molecule has 1 saturated heterocycles. The van der Waals surface area contributed by atoms with E-state index in [2.05, 4.69) is 21.0 Å². The molecule has 94 valence electrons. The molecule has 1 aromatic rings. The highest BCUT2D eigenvalue weighted by Gasteiger charge is 2.35. The van der Waals surface area contributed by atoms with Gasteiger partial charge in [-0.25, -0.2) is 0 Å². The zero-order valence-corrected chi connectivity index (χ0v) is 10.3. The van der Waals surface area contributed by atoms with E-state index in [9.17, 15) is 0 Å². The Bertz CT molecular complexity index is 437. The fourth-order valence-electron chi connectivity index (χ4n) is 2.71. The number of aromatic nitrogens is 2. The molecule has 1 unspecified atom stereocenters. The number of rotatable bonds is 3. The van der Waals surface area contributed by atoms with E-state index >= 15 is 0 Å². The van der Waals surface area contributed by atoms with Gasteiger partial charge in [-0.3, -0.25) is 15.0 Å². The van der Waals surface area contributed by atoms with Gasteiger partial charge in [-0.05, 0) is 37.3 Å². The molecule has 4 heteroatoms. The predicted molar refractivity (Wildman–Crippen MR) is 69.5 cm³/mol. The Balaban J connectivity index is 1.84. The Morgan fingerprint density at radius 3 is 2.83 bits per heavy atom. The maximum Gasteiger partial charge on any atom is 0.123 e. The second-order valence-electron chi connectivity index (χ2n) is 4.91. The molecule has 0 N–H and O–H groups in total. The molecule has 18 heavy (non-hydrogen) atoms. The molecule has 1 aromatic heterocycles. The van der Waals surface area contributed by atoms with Gasteiger partial charge in [-0.15, -0.1) is 0 Å². The van der Waals surface area contributed by atoms with E-state index in [4.69, 9.17) is 4.74 Å². The molecule has 0 amide bonds. The minimum absolute atomic E-state index is 0.295. The van der Waals surface area contributed by atoms with Gasteiger partial charge >= 0.3 is 0 Å². The van der Waals surface area contributed by atoms with Crippen LogP contribution in [0.1, 0.15) is 25.0 Å². The lowest BCUT2D eigenvalue weighted by Gasteiger charge is -2.30. The van der Waals surface area contributed by atoms with E-state index in [1.165, 1.54) is 0 Å². The molecule has 3 heterocycles. The van der Waals surface area contributed by atoms with Crippen LogP contribution in [0.4, 0.5) is 0 Å². The second kappa shape index (κ2) is 4.98. The highest BCUT2D eigenvalue weighted by molar-refractivity contribution is 5.75. The number of hydrogen-bond acceptors (Lipinski definition) is 4. The third kappa shape index (κ3) is 2.20. The van der Waals surface area contributed by atoms with Gasteiger partial charge in [0.05, 0.1) is 11.9 Å². The first kappa shape index (κ1) is 11.5. The van der Waals surface area contributed by atoms with E-state index < -0.39 is 0 Å². The van der Waals surface area contributed by atoms with Crippen LogP contribution in [0.2, 0.25) is 0 Å². The molecule has 1 fully saturated rings. The van der Waals surface area contributed by atoms with Crippen LogP contribution < -0.4 is 0 Å². The molecule has 0 bridgehead atoms. The molecule has 2 aliphatic rings. The van der Waals surface area contributed by atoms with Crippen molar-refractivity contribution >= 4 is 6.21 Å². The van der Waals surface area contributed by atoms with Crippen molar-refractivity contribution in [2.75, 3.05) is 13.2 Å². The van der Waals surface area contributed by atoms with Crippen molar-refractivity contribution in [3.05, 3.63) is 36.4 Å². The Kier molecular flexibility index (Phi) is 3.19. The summed E-state index contributed by atoms with van der Waals surface area (Å²) >= 11 is 0. The minimum Gasteiger partial charge on any atom is -0.381 e. The Morgan fingerprint density at radius 1 is 1.28 bits per heavy atom. The summed E-state index contributed by atoms with van der Waals surface area (Å²) in [5.74, 6) is 0.653.